The molecule has 0 saturated heterocycles. The second-order valence-corrected chi connectivity index (χ2v) is 2.77. The number of rotatable bonds is 3. The van der Waals surface area contributed by atoms with Crippen LogP contribution in [0.5, 0.6) is 5.75 Å². The number of nitrogens with two attached hydrogens (primary N) is 1. The molecule has 0 unspecified atom stereocenters. The molecule has 0 aliphatic carbocycles. The van der Waals surface area contributed by atoms with Crippen LogP contribution in [0.3, 0.4) is 0 Å². The quantitative estimate of drug-likeness (QED) is 0.737. The van der Waals surface area contributed by atoms with Crippen LogP contribution in [0.15, 0.2) is 30.3 Å². The van der Waals surface area contributed by atoms with Crippen LogP contribution < -0.4 is 10.5 Å². The Labute approximate surface area is 83.2 Å². The number of amides is 1. The van der Waals surface area contributed by atoms with Crippen molar-refractivity contribution in [3.8, 4) is 5.75 Å². The van der Waals surface area contributed by atoms with Crippen LogP contribution in [0.25, 0.3) is 5.57 Å². The molecule has 0 aliphatic rings. The molecule has 2 N–H and O–H groups in total. The summed E-state index contributed by atoms with van der Waals surface area (Å²) >= 11 is 0. The lowest BCUT2D eigenvalue weighted by molar-refractivity contribution is -0.112. The van der Waals surface area contributed by atoms with E-state index >= 15 is 0 Å². The zero-order valence-corrected chi connectivity index (χ0v) is 8.28. The normalized spacial score (nSPS) is 11.1. The van der Waals surface area contributed by atoms with E-state index in [4.69, 9.17) is 10.5 Å². The SMILES string of the molecule is C/C=C(/C(N)=O)c1ccccc1OC. The maximum Gasteiger partial charge on any atom is 0.249 e. The first kappa shape index (κ1) is 10.3. The largest absolute Gasteiger partial charge is 0.496 e. The monoisotopic (exact) mass is 191 g/mol. The molecular weight excluding hydrogens is 178 g/mol. The predicted molar refractivity (Wildman–Crippen MR) is 55.8 cm³/mol. The minimum Gasteiger partial charge on any atom is -0.496 e. The van der Waals surface area contributed by atoms with Crippen LogP contribution in [0.1, 0.15) is 12.5 Å². The van der Waals surface area contributed by atoms with E-state index in [1.165, 1.54) is 0 Å². The molecule has 74 valence electrons. The van der Waals surface area contributed by atoms with Crippen LogP contribution in [-0.4, -0.2) is 13.0 Å². The van der Waals surface area contributed by atoms with Gasteiger partial charge in [0.1, 0.15) is 5.75 Å². The zero-order chi connectivity index (χ0) is 10.6. The number of ether oxygens (including phenoxy) is 1. The van der Waals surface area contributed by atoms with Crippen molar-refractivity contribution >= 4 is 11.5 Å². The smallest absolute Gasteiger partial charge is 0.249 e. The summed E-state index contributed by atoms with van der Waals surface area (Å²) in [6.07, 6.45) is 1.68. The van der Waals surface area contributed by atoms with Crippen molar-refractivity contribution in [1.29, 1.82) is 0 Å². The predicted octanol–water partition coefficient (Wildman–Crippen LogP) is 1.58. The fraction of sp³-hybridized carbons (Fsp3) is 0.182. The molecule has 0 spiro atoms. The number of carbonyl (C=O) groups excluding carboxylic acids is 1. The fourth-order valence-electron chi connectivity index (χ4n) is 1.30. The molecule has 0 fully saturated rings. The van der Waals surface area contributed by atoms with Gasteiger partial charge in [-0.1, -0.05) is 24.3 Å². The summed E-state index contributed by atoms with van der Waals surface area (Å²) in [7, 11) is 1.56. The van der Waals surface area contributed by atoms with Gasteiger partial charge in [-0.3, -0.25) is 4.79 Å². The van der Waals surface area contributed by atoms with Gasteiger partial charge in [0.25, 0.3) is 0 Å². The average Bonchev–Trinajstić information content (AvgIpc) is 2.19. The van der Waals surface area contributed by atoms with E-state index < -0.39 is 5.91 Å². The van der Waals surface area contributed by atoms with Crippen molar-refractivity contribution in [3.63, 3.8) is 0 Å². The Bertz CT molecular complexity index is 369. The first-order chi connectivity index (χ1) is 6.70. The lowest BCUT2D eigenvalue weighted by Gasteiger charge is -2.08. The van der Waals surface area contributed by atoms with Gasteiger partial charge < -0.3 is 10.5 Å². The number of hydrogen-bond donors (Lipinski definition) is 1. The average molecular weight is 191 g/mol. The Balaban J connectivity index is 3.23. The number of hydrogen-bond acceptors (Lipinski definition) is 2. The Morgan fingerprint density at radius 2 is 2.07 bits per heavy atom. The van der Waals surface area contributed by atoms with E-state index in [0.29, 0.717) is 11.3 Å². The molecule has 1 rings (SSSR count). The maximum atomic E-state index is 11.1. The Hall–Kier alpha value is -1.77. The summed E-state index contributed by atoms with van der Waals surface area (Å²) in [6.45, 7) is 1.77. The van der Waals surface area contributed by atoms with E-state index in [2.05, 4.69) is 0 Å². The molecule has 1 amide bonds. The third-order valence-electron chi connectivity index (χ3n) is 1.95. The van der Waals surface area contributed by atoms with E-state index in [0.717, 1.165) is 5.56 Å². The van der Waals surface area contributed by atoms with Gasteiger partial charge in [0.15, 0.2) is 0 Å². The standard InChI is InChI=1S/C11H13NO2/c1-3-8(11(12)13)9-6-4-5-7-10(9)14-2/h3-7H,1-2H3,(H2,12,13)/b8-3+. The fourth-order valence-corrected chi connectivity index (χ4v) is 1.30. The Morgan fingerprint density at radius 1 is 1.43 bits per heavy atom. The maximum absolute atomic E-state index is 11.1. The third-order valence-corrected chi connectivity index (χ3v) is 1.95. The first-order valence-electron chi connectivity index (χ1n) is 4.30. The second-order valence-electron chi connectivity index (χ2n) is 2.77. The van der Waals surface area contributed by atoms with E-state index in [-0.39, 0.29) is 0 Å². The molecule has 0 aliphatic heterocycles. The van der Waals surface area contributed by atoms with Crippen molar-refractivity contribution in [3.05, 3.63) is 35.9 Å². The van der Waals surface area contributed by atoms with Gasteiger partial charge in [0.2, 0.25) is 5.91 Å². The van der Waals surface area contributed by atoms with Crippen LogP contribution in [-0.2, 0) is 4.79 Å². The Kier molecular flexibility index (Phi) is 3.29. The summed E-state index contributed by atoms with van der Waals surface area (Å²) in [4.78, 5) is 11.1. The molecule has 0 heterocycles. The minimum atomic E-state index is -0.447. The second kappa shape index (κ2) is 4.46. The molecule has 0 aromatic heterocycles. The molecule has 0 atom stereocenters. The van der Waals surface area contributed by atoms with Crippen molar-refractivity contribution in [1.82, 2.24) is 0 Å². The van der Waals surface area contributed by atoms with Crippen LogP contribution >= 0.6 is 0 Å². The van der Waals surface area contributed by atoms with Gasteiger partial charge in [-0.15, -0.1) is 0 Å². The van der Waals surface area contributed by atoms with E-state index in [1.807, 2.05) is 12.1 Å². The molecule has 0 bridgehead atoms. The lowest BCUT2D eigenvalue weighted by Crippen LogP contribution is -2.13. The highest BCUT2D eigenvalue weighted by Crippen LogP contribution is 2.24. The van der Waals surface area contributed by atoms with E-state index in [9.17, 15) is 4.79 Å². The molecule has 1 aromatic rings. The molecule has 0 saturated carbocycles. The summed E-state index contributed by atoms with van der Waals surface area (Å²) in [5.74, 6) is 0.205. The van der Waals surface area contributed by atoms with Gasteiger partial charge in [-0.2, -0.15) is 0 Å². The summed E-state index contributed by atoms with van der Waals surface area (Å²) in [5, 5.41) is 0. The highest BCUT2D eigenvalue weighted by Gasteiger charge is 2.11. The number of benzene rings is 1. The molecule has 3 nitrogen and oxygen atoms in total. The van der Waals surface area contributed by atoms with Crippen molar-refractivity contribution in [2.75, 3.05) is 7.11 Å². The number of carbonyl (C=O) groups is 1. The number of primary amides is 1. The van der Waals surface area contributed by atoms with Gasteiger partial charge in [-0.25, -0.2) is 0 Å². The highest BCUT2D eigenvalue weighted by molar-refractivity contribution is 6.19. The van der Waals surface area contributed by atoms with Gasteiger partial charge in [-0.05, 0) is 13.0 Å². The van der Waals surface area contributed by atoms with E-state index in [1.54, 1.807) is 32.2 Å². The number of para-hydroxylation sites is 1. The van der Waals surface area contributed by atoms with Crippen molar-refractivity contribution in [2.24, 2.45) is 5.73 Å². The summed E-state index contributed by atoms with van der Waals surface area (Å²) in [5.41, 5.74) is 6.44. The summed E-state index contributed by atoms with van der Waals surface area (Å²) in [6, 6.07) is 7.28. The van der Waals surface area contributed by atoms with Crippen LogP contribution in [0.4, 0.5) is 0 Å². The highest BCUT2D eigenvalue weighted by atomic mass is 16.5. The molecule has 0 radical (unpaired) electrons. The number of allylic oxidation sites excluding steroid dienone is 1. The Morgan fingerprint density at radius 3 is 2.57 bits per heavy atom. The molecule has 3 heteroatoms. The van der Waals surface area contributed by atoms with Crippen molar-refractivity contribution in [2.45, 2.75) is 6.92 Å². The summed E-state index contributed by atoms with van der Waals surface area (Å²) < 4.78 is 5.13. The first-order valence-corrected chi connectivity index (χ1v) is 4.30. The van der Waals surface area contributed by atoms with Crippen LogP contribution in [0, 0.1) is 0 Å². The van der Waals surface area contributed by atoms with Gasteiger partial charge >= 0.3 is 0 Å². The van der Waals surface area contributed by atoms with Crippen molar-refractivity contribution < 1.29 is 9.53 Å². The molecule has 14 heavy (non-hydrogen) atoms. The molecular formula is C11H13NO2. The minimum absolute atomic E-state index is 0.447. The molecule has 1 aromatic carbocycles. The topological polar surface area (TPSA) is 52.3 Å². The number of methoxy groups -OCH3 is 1. The lowest BCUT2D eigenvalue weighted by atomic mass is 10.0. The zero-order valence-electron chi connectivity index (χ0n) is 8.28. The third kappa shape index (κ3) is 1.93. The van der Waals surface area contributed by atoms with Gasteiger partial charge in [0.05, 0.1) is 7.11 Å². The van der Waals surface area contributed by atoms with Gasteiger partial charge in [0, 0.05) is 11.1 Å². The van der Waals surface area contributed by atoms with Crippen LogP contribution in [0.2, 0.25) is 0 Å².